The standard InChI is InChI=1S/C16H26N4O/c1-19-9-11-20(12-10-19)8-2-7-18-13-14-3-5-15(6-4-14)16(17)21/h3-6,18H,2,7-13H2,1H3,(H2,17,21). The van der Waals surface area contributed by atoms with E-state index in [4.69, 9.17) is 5.73 Å². The van der Waals surface area contributed by atoms with Gasteiger partial charge in [-0.15, -0.1) is 0 Å². The maximum absolute atomic E-state index is 11.0. The molecule has 3 N–H and O–H groups in total. The van der Waals surface area contributed by atoms with Crippen LogP contribution in [0.1, 0.15) is 22.3 Å². The number of piperazine rings is 1. The molecule has 5 nitrogen and oxygen atoms in total. The first-order valence-corrected chi connectivity index (χ1v) is 7.65. The molecule has 1 aromatic carbocycles. The lowest BCUT2D eigenvalue weighted by Gasteiger charge is -2.32. The number of carbonyl (C=O) groups is 1. The van der Waals surface area contributed by atoms with Crippen molar-refractivity contribution in [3.05, 3.63) is 35.4 Å². The summed E-state index contributed by atoms with van der Waals surface area (Å²) in [6.07, 6.45) is 1.17. The van der Waals surface area contributed by atoms with Gasteiger partial charge < -0.3 is 20.9 Å². The number of nitrogens with zero attached hydrogens (tertiary/aromatic N) is 2. The van der Waals surface area contributed by atoms with Gasteiger partial charge in [0.25, 0.3) is 0 Å². The van der Waals surface area contributed by atoms with Gasteiger partial charge in [-0.2, -0.15) is 0 Å². The Hall–Kier alpha value is -1.43. The number of rotatable bonds is 7. The van der Waals surface area contributed by atoms with Crippen molar-refractivity contribution in [3.63, 3.8) is 0 Å². The number of likely N-dealkylation sites (N-methyl/N-ethyl adjacent to an activating group) is 1. The second kappa shape index (κ2) is 8.12. The maximum atomic E-state index is 11.0. The second-order valence-electron chi connectivity index (χ2n) is 5.74. The van der Waals surface area contributed by atoms with Gasteiger partial charge in [0, 0.05) is 38.3 Å². The van der Waals surface area contributed by atoms with E-state index in [0.29, 0.717) is 5.56 Å². The van der Waals surface area contributed by atoms with Gasteiger partial charge in [-0.3, -0.25) is 4.79 Å². The average Bonchev–Trinajstić information content (AvgIpc) is 2.49. The van der Waals surface area contributed by atoms with Gasteiger partial charge in [0.1, 0.15) is 0 Å². The van der Waals surface area contributed by atoms with Crippen molar-refractivity contribution in [2.75, 3.05) is 46.3 Å². The summed E-state index contributed by atoms with van der Waals surface area (Å²) in [4.78, 5) is 15.9. The summed E-state index contributed by atoms with van der Waals surface area (Å²) >= 11 is 0. The van der Waals surface area contributed by atoms with Crippen molar-refractivity contribution in [3.8, 4) is 0 Å². The number of hydrogen-bond acceptors (Lipinski definition) is 4. The monoisotopic (exact) mass is 290 g/mol. The minimum atomic E-state index is -0.373. The van der Waals surface area contributed by atoms with Crippen molar-refractivity contribution >= 4 is 5.91 Å². The molecule has 2 rings (SSSR count). The summed E-state index contributed by atoms with van der Waals surface area (Å²) in [7, 11) is 2.18. The van der Waals surface area contributed by atoms with Gasteiger partial charge in [-0.25, -0.2) is 0 Å². The third kappa shape index (κ3) is 5.46. The number of hydrogen-bond donors (Lipinski definition) is 2. The van der Waals surface area contributed by atoms with Gasteiger partial charge in [0.15, 0.2) is 0 Å². The van der Waals surface area contributed by atoms with Crippen LogP contribution in [0.3, 0.4) is 0 Å². The molecule has 0 saturated carbocycles. The molecule has 5 heteroatoms. The number of amides is 1. The SMILES string of the molecule is CN1CCN(CCCNCc2ccc(C(N)=O)cc2)CC1. The summed E-state index contributed by atoms with van der Waals surface area (Å²) in [6.45, 7) is 7.75. The normalized spacial score (nSPS) is 17.0. The van der Waals surface area contributed by atoms with Gasteiger partial charge in [-0.05, 0) is 44.3 Å². The molecule has 1 saturated heterocycles. The molecule has 0 aromatic heterocycles. The fraction of sp³-hybridized carbons (Fsp3) is 0.562. The van der Waals surface area contributed by atoms with E-state index in [1.54, 1.807) is 12.1 Å². The van der Waals surface area contributed by atoms with Crippen molar-refractivity contribution in [2.45, 2.75) is 13.0 Å². The van der Waals surface area contributed by atoms with Crippen LogP contribution in [0, 0.1) is 0 Å². The van der Waals surface area contributed by atoms with E-state index in [9.17, 15) is 4.79 Å². The number of carbonyl (C=O) groups excluding carboxylic acids is 1. The smallest absolute Gasteiger partial charge is 0.248 e. The van der Waals surface area contributed by atoms with Crippen LogP contribution >= 0.6 is 0 Å². The minimum Gasteiger partial charge on any atom is -0.366 e. The van der Waals surface area contributed by atoms with Crippen LogP contribution in [0.5, 0.6) is 0 Å². The lowest BCUT2D eigenvalue weighted by atomic mass is 10.1. The number of primary amides is 1. The number of nitrogens with two attached hydrogens (primary N) is 1. The van der Waals surface area contributed by atoms with Crippen molar-refractivity contribution in [1.29, 1.82) is 0 Å². The summed E-state index contributed by atoms with van der Waals surface area (Å²) in [5.41, 5.74) is 6.96. The molecule has 0 spiro atoms. The Labute approximate surface area is 127 Å². The Bertz CT molecular complexity index is 438. The molecular formula is C16H26N4O. The van der Waals surface area contributed by atoms with Crippen LogP contribution in [0.2, 0.25) is 0 Å². The van der Waals surface area contributed by atoms with Crippen LogP contribution < -0.4 is 11.1 Å². The molecule has 0 radical (unpaired) electrons. The highest BCUT2D eigenvalue weighted by Crippen LogP contribution is 2.04. The molecule has 116 valence electrons. The lowest BCUT2D eigenvalue weighted by molar-refractivity contribution is 0.100. The fourth-order valence-electron chi connectivity index (χ4n) is 2.52. The Morgan fingerprint density at radius 1 is 1.19 bits per heavy atom. The first-order valence-electron chi connectivity index (χ1n) is 7.65. The highest BCUT2D eigenvalue weighted by atomic mass is 16.1. The van der Waals surface area contributed by atoms with Gasteiger partial charge in [0.2, 0.25) is 5.91 Å². The third-order valence-electron chi connectivity index (χ3n) is 3.99. The first kappa shape index (κ1) is 15.9. The Balaban J connectivity index is 1.58. The predicted octanol–water partition coefficient (Wildman–Crippen LogP) is 0.513. The largest absolute Gasteiger partial charge is 0.366 e. The lowest BCUT2D eigenvalue weighted by Crippen LogP contribution is -2.45. The zero-order chi connectivity index (χ0) is 15.1. The molecule has 1 aliphatic rings. The fourth-order valence-corrected chi connectivity index (χ4v) is 2.52. The summed E-state index contributed by atoms with van der Waals surface area (Å²) in [5, 5.41) is 3.45. The van der Waals surface area contributed by atoms with Gasteiger partial charge in [-0.1, -0.05) is 12.1 Å². The zero-order valence-corrected chi connectivity index (χ0v) is 12.8. The number of nitrogens with one attached hydrogen (secondary N) is 1. The van der Waals surface area contributed by atoms with E-state index >= 15 is 0 Å². The number of benzene rings is 1. The Kier molecular flexibility index (Phi) is 6.17. The predicted molar refractivity (Wildman–Crippen MR) is 85.2 cm³/mol. The molecule has 0 bridgehead atoms. The molecule has 1 aliphatic heterocycles. The van der Waals surface area contributed by atoms with Crippen LogP contribution in [0.4, 0.5) is 0 Å². The zero-order valence-electron chi connectivity index (χ0n) is 12.8. The van der Waals surface area contributed by atoms with Crippen LogP contribution in [0.25, 0.3) is 0 Å². The first-order chi connectivity index (χ1) is 10.1. The van der Waals surface area contributed by atoms with E-state index in [1.165, 1.54) is 44.7 Å². The molecule has 0 atom stereocenters. The topological polar surface area (TPSA) is 61.6 Å². The van der Waals surface area contributed by atoms with Crippen LogP contribution in [-0.4, -0.2) is 62.0 Å². The molecule has 1 fully saturated rings. The van der Waals surface area contributed by atoms with E-state index in [1.807, 2.05) is 12.1 Å². The molecule has 1 heterocycles. The van der Waals surface area contributed by atoms with E-state index < -0.39 is 0 Å². The molecule has 21 heavy (non-hydrogen) atoms. The third-order valence-corrected chi connectivity index (χ3v) is 3.99. The van der Waals surface area contributed by atoms with Crippen molar-refractivity contribution in [2.24, 2.45) is 5.73 Å². The minimum absolute atomic E-state index is 0.373. The highest BCUT2D eigenvalue weighted by Gasteiger charge is 2.12. The van der Waals surface area contributed by atoms with E-state index in [-0.39, 0.29) is 5.91 Å². The van der Waals surface area contributed by atoms with Gasteiger partial charge in [0.05, 0.1) is 0 Å². The molecular weight excluding hydrogens is 264 g/mol. The molecule has 1 amide bonds. The Morgan fingerprint density at radius 3 is 2.48 bits per heavy atom. The van der Waals surface area contributed by atoms with E-state index in [2.05, 4.69) is 22.2 Å². The second-order valence-corrected chi connectivity index (χ2v) is 5.74. The summed E-state index contributed by atoms with van der Waals surface area (Å²) in [6, 6.07) is 7.47. The van der Waals surface area contributed by atoms with Crippen molar-refractivity contribution < 1.29 is 4.79 Å². The van der Waals surface area contributed by atoms with Crippen molar-refractivity contribution in [1.82, 2.24) is 15.1 Å². The van der Waals surface area contributed by atoms with Crippen LogP contribution in [-0.2, 0) is 6.54 Å². The average molecular weight is 290 g/mol. The molecule has 1 aromatic rings. The molecule has 0 aliphatic carbocycles. The van der Waals surface area contributed by atoms with E-state index in [0.717, 1.165) is 13.1 Å². The maximum Gasteiger partial charge on any atom is 0.248 e. The van der Waals surface area contributed by atoms with Crippen LogP contribution in [0.15, 0.2) is 24.3 Å². The highest BCUT2D eigenvalue weighted by molar-refractivity contribution is 5.92. The summed E-state index contributed by atoms with van der Waals surface area (Å²) in [5.74, 6) is -0.373. The molecule has 0 unspecified atom stereocenters. The Morgan fingerprint density at radius 2 is 1.86 bits per heavy atom. The quantitative estimate of drug-likeness (QED) is 0.719. The van der Waals surface area contributed by atoms with Gasteiger partial charge >= 0.3 is 0 Å². The summed E-state index contributed by atoms with van der Waals surface area (Å²) < 4.78 is 0.